The van der Waals surface area contributed by atoms with Crippen LogP contribution in [0.25, 0.3) is 6.08 Å². The summed E-state index contributed by atoms with van der Waals surface area (Å²) in [4.78, 5) is 61.2. The number of nitrogens with zero attached hydrogens (tertiary/aromatic N) is 1. The van der Waals surface area contributed by atoms with Crippen molar-refractivity contribution in [3.63, 3.8) is 0 Å². The van der Waals surface area contributed by atoms with E-state index in [4.69, 9.17) is 5.11 Å². The quantitative estimate of drug-likeness (QED) is 0.0469. The third kappa shape index (κ3) is 8.78. The fourth-order valence-corrected chi connectivity index (χ4v) is 4.77. The Morgan fingerprint density at radius 3 is 2.13 bits per heavy atom. The number of thioether (sulfide) groups is 1. The highest BCUT2D eigenvalue weighted by atomic mass is 32.2. The molecule has 0 heterocycles. The summed E-state index contributed by atoms with van der Waals surface area (Å²) in [6.45, 7) is 1.67. The van der Waals surface area contributed by atoms with E-state index in [1.807, 2.05) is 0 Å². The Bertz CT molecular complexity index is 1780. The van der Waals surface area contributed by atoms with Crippen LogP contribution in [-0.2, 0) is 9.59 Å². The normalized spacial score (nSPS) is 11.6. The molecule has 3 amide bonds. The average Bonchev–Trinajstić information content (AvgIpc) is 3.03. The first-order valence-corrected chi connectivity index (χ1v) is 14.2. The number of carboxylic acids is 1. The molecular formula is C32H26N4O8S. The van der Waals surface area contributed by atoms with Crippen LogP contribution in [0.15, 0.2) is 108 Å². The van der Waals surface area contributed by atoms with E-state index in [-0.39, 0.29) is 22.6 Å². The monoisotopic (exact) mass is 626 g/mol. The van der Waals surface area contributed by atoms with Crippen LogP contribution in [-0.4, -0.2) is 44.1 Å². The number of non-ortho nitro benzene ring substituents is 1. The summed E-state index contributed by atoms with van der Waals surface area (Å²) in [5.74, 6) is -3.30. The van der Waals surface area contributed by atoms with Crippen LogP contribution in [0.1, 0.15) is 33.2 Å². The largest absolute Gasteiger partial charge is 0.507 e. The van der Waals surface area contributed by atoms with Crippen LogP contribution in [0.3, 0.4) is 0 Å². The first-order valence-electron chi connectivity index (χ1n) is 13.3. The van der Waals surface area contributed by atoms with Gasteiger partial charge in [-0.1, -0.05) is 18.2 Å². The molecule has 45 heavy (non-hydrogen) atoms. The number of carbonyl (C=O) groups is 4. The third-order valence-corrected chi connectivity index (χ3v) is 7.34. The predicted molar refractivity (Wildman–Crippen MR) is 169 cm³/mol. The molecule has 12 nitrogen and oxygen atoms in total. The molecule has 5 N–H and O–H groups in total. The molecule has 13 heteroatoms. The van der Waals surface area contributed by atoms with Crippen LogP contribution in [0.4, 0.5) is 17.1 Å². The van der Waals surface area contributed by atoms with Gasteiger partial charge in [0.1, 0.15) is 17.0 Å². The molecule has 4 aromatic rings. The highest BCUT2D eigenvalue weighted by Gasteiger charge is 2.18. The summed E-state index contributed by atoms with van der Waals surface area (Å²) in [6, 6.07) is 24.1. The van der Waals surface area contributed by atoms with Crippen molar-refractivity contribution in [2.45, 2.75) is 17.1 Å². The number of phenols is 1. The molecule has 0 radical (unpaired) electrons. The minimum absolute atomic E-state index is 0.0956. The molecule has 1 unspecified atom stereocenters. The summed E-state index contributed by atoms with van der Waals surface area (Å²) >= 11 is 1.22. The fourth-order valence-electron chi connectivity index (χ4n) is 3.90. The van der Waals surface area contributed by atoms with Gasteiger partial charge in [0.15, 0.2) is 0 Å². The topological polar surface area (TPSA) is 188 Å². The number of hydrogen-bond acceptors (Lipinski definition) is 8. The van der Waals surface area contributed by atoms with Crippen molar-refractivity contribution in [2.75, 3.05) is 10.6 Å². The SMILES string of the molecule is CC(Sc1ccc(NC(=O)/C(=C/c2ccc([N+](=O)[O-])cc2)NC(=O)c2ccccc2)cc1)C(=O)Nc1ccc(O)c(C(=O)O)c1. The van der Waals surface area contributed by atoms with Gasteiger partial charge in [-0.25, -0.2) is 4.79 Å². The van der Waals surface area contributed by atoms with Gasteiger partial charge in [0.2, 0.25) is 5.91 Å². The molecule has 0 bridgehead atoms. The van der Waals surface area contributed by atoms with Gasteiger partial charge in [-0.15, -0.1) is 11.8 Å². The van der Waals surface area contributed by atoms with Gasteiger partial charge in [-0.2, -0.15) is 0 Å². The zero-order valence-corrected chi connectivity index (χ0v) is 24.4. The van der Waals surface area contributed by atoms with Crippen molar-refractivity contribution in [1.82, 2.24) is 5.32 Å². The number of rotatable bonds is 11. The lowest BCUT2D eigenvalue weighted by Gasteiger charge is -2.14. The molecule has 0 fully saturated rings. The molecule has 0 saturated carbocycles. The molecule has 0 aliphatic heterocycles. The molecule has 0 saturated heterocycles. The van der Waals surface area contributed by atoms with Crippen LogP contribution < -0.4 is 16.0 Å². The minimum Gasteiger partial charge on any atom is -0.507 e. The lowest BCUT2D eigenvalue weighted by molar-refractivity contribution is -0.384. The Labute approximate surface area is 260 Å². The van der Waals surface area contributed by atoms with Crippen molar-refractivity contribution in [3.05, 3.63) is 130 Å². The van der Waals surface area contributed by atoms with Crippen molar-refractivity contribution in [2.24, 2.45) is 0 Å². The van der Waals surface area contributed by atoms with Crippen LogP contribution in [0, 0.1) is 10.1 Å². The van der Waals surface area contributed by atoms with Crippen LogP contribution in [0.5, 0.6) is 5.75 Å². The molecule has 4 aromatic carbocycles. The van der Waals surface area contributed by atoms with E-state index >= 15 is 0 Å². The maximum atomic E-state index is 13.3. The summed E-state index contributed by atoms with van der Waals surface area (Å²) in [5.41, 5.74) is 0.839. The molecule has 228 valence electrons. The number of carboxylic acid groups (broad SMARTS) is 1. The van der Waals surface area contributed by atoms with Crippen molar-refractivity contribution >= 4 is 58.6 Å². The predicted octanol–water partition coefficient (Wildman–Crippen LogP) is 5.53. The molecule has 0 spiro atoms. The standard InChI is InChI=1S/C32H26N4O8S/c1-19(29(38)34-23-11-16-28(37)26(18-23)32(41)42)45-25-14-9-22(10-15-25)33-31(40)27(35-30(39)21-5-3-2-4-6-21)17-20-7-12-24(13-8-20)36(43)44/h2-19,37H,1H3,(H,33,40)(H,34,38)(H,35,39)(H,41,42)/b27-17-. The number of nitro groups is 1. The highest BCUT2D eigenvalue weighted by molar-refractivity contribution is 8.00. The van der Waals surface area contributed by atoms with E-state index in [1.165, 1.54) is 54.2 Å². The van der Waals surface area contributed by atoms with Gasteiger partial charge in [-0.3, -0.25) is 24.5 Å². The summed E-state index contributed by atoms with van der Waals surface area (Å²) < 4.78 is 0. The summed E-state index contributed by atoms with van der Waals surface area (Å²) in [6.07, 6.45) is 1.40. The number of carbonyl (C=O) groups excluding carboxylic acids is 3. The van der Waals surface area contributed by atoms with E-state index in [0.717, 1.165) is 6.07 Å². The molecular weight excluding hydrogens is 600 g/mol. The minimum atomic E-state index is -1.33. The molecule has 0 aliphatic carbocycles. The highest BCUT2D eigenvalue weighted by Crippen LogP contribution is 2.27. The lowest BCUT2D eigenvalue weighted by Crippen LogP contribution is -2.30. The Balaban J connectivity index is 1.44. The number of amides is 3. The molecule has 0 aromatic heterocycles. The first-order chi connectivity index (χ1) is 21.5. The van der Waals surface area contributed by atoms with Gasteiger partial charge < -0.3 is 26.2 Å². The van der Waals surface area contributed by atoms with Gasteiger partial charge >= 0.3 is 5.97 Å². The lowest BCUT2D eigenvalue weighted by atomic mass is 10.1. The second-order valence-corrected chi connectivity index (χ2v) is 10.9. The average molecular weight is 627 g/mol. The number of nitrogens with one attached hydrogen (secondary N) is 3. The molecule has 1 atom stereocenters. The Morgan fingerprint density at radius 2 is 1.51 bits per heavy atom. The second kappa shape index (κ2) is 14.5. The second-order valence-electron chi connectivity index (χ2n) is 9.49. The van der Waals surface area contributed by atoms with E-state index in [0.29, 0.717) is 21.7 Å². The van der Waals surface area contributed by atoms with E-state index < -0.39 is 39.6 Å². The van der Waals surface area contributed by atoms with Gasteiger partial charge in [0.25, 0.3) is 17.5 Å². The summed E-state index contributed by atoms with van der Waals surface area (Å²) in [5, 5.41) is 37.2. The number of hydrogen-bond donors (Lipinski definition) is 5. The van der Waals surface area contributed by atoms with Crippen molar-refractivity contribution < 1.29 is 34.3 Å². The zero-order valence-electron chi connectivity index (χ0n) is 23.6. The zero-order chi connectivity index (χ0) is 32.5. The van der Waals surface area contributed by atoms with E-state index in [1.54, 1.807) is 61.5 Å². The molecule has 4 rings (SSSR count). The van der Waals surface area contributed by atoms with E-state index in [9.17, 15) is 34.4 Å². The first kappa shape index (κ1) is 32.0. The van der Waals surface area contributed by atoms with Gasteiger partial charge in [0, 0.05) is 34.0 Å². The van der Waals surface area contributed by atoms with Crippen molar-refractivity contribution in [1.29, 1.82) is 0 Å². The maximum absolute atomic E-state index is 13.3. The number of nitro benzene ring substituents is 1. The smallest absolute Gasteiger partial charge is 0.339 e. The van der Waals surface area contributed by atoms with Gasteiger partial charge in [-0.05, 0) is 85.3 Å². The van der Waals surface area contributed by atoms with Gasteiger partial charge in [0.05, 0.1) is 10.2 Å². The van der Waals surface area contributed by atoms with Crippen molar-refractivity contribution in [3.8, 4) is 5.75 Å². The Morgan fingerprint density at radius 1 is 0.867 bits per heavy atom. The molecule has 0 aliphatic rings. The third-order valence-electron chi connectivity index (χ3n) is 6.23. The summed E-state index contributed by atoms with van der Waals surface area (Å²) in [7, 11) is 0. The van der Waals surface area contributed by atoms with Crippen LogP contribution >= 0.6 is 11.8 Å². The fraction of sp³-hybridized carbons (Fsp3) is 0.0625. The Kier molecular flexibility index (Phi) is 10.3. The number of anilines is 2. The maximum Gasteiger partial charge on any atom is 0.339 e. The van der Waals surface area contributed by atoms with E-state index in [2.05, 4.69) is 16.0 Å². The Hall–Kier alpha value is -5.95. The number of aromatic hydroxyl groups is 1. The number of aromatic carboxylic acids is 1. The van der Waals surface area contributed by atoms with Crippen LogP contribution in [0.2, 0.25) is 0 Å². The number of benzene rings is 4.